The Bertz CT molecular complexity index is 231. The van der Waals surface area contributed by atoms with Crippen LogP contribution in [0.5, 0.6) is 0 Å². The summed E-state index contributed by atoms with van der Waals surface area (Å²) in [6, 6.07) is 0.758. The van der Waals surface area contributed by atoms with Crippen molar-refractivity contribution in [3.63, 3.8) is 0 Å². The molecule has 2 aliphatic rings. The number of nitrogens with zero attached hydrogens (tertiary/aromatic N) is 1. The summed E-state index contributed by atoms with van der Waals surface area (Å²) in [7, 11) is 0. The van der Waals surface area contributed by atoms with Crippen molar-refractivity contribution in [2.45, 2.75) is 52.0 Å². The molecule has 1 saturated carbocycles. The highest BCUT2D eigenvalue weighted by Gasteiger charge is 2.34. The van der Waals surface area contributed by atoms with Crippen LogP contribution < -0.4 is 5.32 Å². The third-order valence-electron chi connectivity index (χ3n) is 3.47. The Morgan fingerprint density at radius 3 is 2.80 bits per heavy atom. The molecule has 0 aromatic rings. The second-order valence-corrected chi connectivity index (χ2v) is 4.84. The van der Waals surface area contributed by atoms with E-state index in [4.69, 9.17) is 0 Å². The Labute approximate surface area is 93.7 Å². The van der Waals surface area contributed by atoms with Gasteiger partial charge < -0.3 is 4.90 Å². The molecule has 86 valence electrons. The average Bonchev–Trinajstić information content (AvgIpc) is 2.97. The van der Waals surface area contributed by atoms with E-state index in [0.29, 0.717) is 0 Å². The Balaban J connectivity index is 2.02. The molecule has 1 heterocycles. The van der Waals surface area contributed by atoms with Gasteiger partial charge in [0.2, 0.25) is 0 Å². The first-order valence-corrected chi connectivity index (χ1v) is 6.54. The quantitative estimate of drug-likeness (QED) is 0.747. The topological polar surface area (TPSA) is 15.3 Å². The van der Waals surface area contributed by atoms with Crippen molar-refractivity contribution in [1.29, 1.82) is 0 Å². The first kappa shape index (κ1) is 11.0. The van der Waals surface area contributed by atoms with E-state index in [2.05, 4.69) is 30.1 Å². The molecule has 1 saturated heterocycles. The zero-order valence-electron chi connectivity index (χ0n) is 10.1. The predicted octanol–water partition coefficient (Wildman–Crippen LogP) is 2.72. The van der Waals surface area contributed by atoms with Gasteiger partial charge in [0, 0.05) is 18.3 Å². The van der Waals surface area contributed by atoms with Crippen molar-refractivity contribution in [1.82, 2.24) is 10.2 Å². The molecule has 1 N–H and O–H groups in total. The maximum atomic E-state index is 3.51. The summed E-state index contributed by atoms with van der Waals surface area (Å²) in [5.74, 6) is 0.893. The monoisotopic (exact) mass is 208 g/mol. The fraction of sp³-hybridized carbons (Fsp3) is 0.846. The highest BCUT2D eigenvalue weighted by molar-refractivity contribution is 5.14. The molecule has 2 nitrogen and oxygen atoms in total. The molecular formula is C13H24N2. The zero-order chi connectivity index (χ0) is 10.7. The first-order valence-electron chi connectivity index (χ1n) is 6.54. The second kappa shape index (κ2) is 5.02. The molecule has 2 fully saturated rings. The molecule has 0 spiro atoms. The van der Waals surface area contributed by atoms with Gasteiger partial charge in [-0.2, -0.15) is 0 Å². The molecule has 1 unspecified atom stereocenters. The van der Waals surface area contributed by atoms with Crippen molar-refractivity contribution in [3.8, 4) is 0 Å². The molecule has 0 aromatic carbocycles. The van der Waals surface area contributed by atoms with E-state index < -0.39 is 0 Å². The second-order valence-electron chi connectivity index (χ2n) is 4.84. The van der Waals surface area contributed by atoms with Crippen molar-refractivity contribution < 1.29 is 0 Å². The molecule has 2 heteroatoms. The Kier molecular flexibility index (Phi) is 3.68. The van der Waals surface area contributed by atoms with E-state index in [9.17, 15) is 0 Å². The summed E-state index contributed by atoms with van der Waals surface area (Å²) in [5, 5.41) is 3.51. The smallest absolute Gasteiger partial charge is 0.0683 e. The van der Waals surface area contributed by atoms with Gasteiger partial charge in [-0.15, -0.1) is 0 Å². The number of hydrogen-bond donors (Lipinski definition) is 1. The Hall–Kier alpha value is -0.500. The number of hydrogen-bond acceptors (Lipinski definition) is 2. The standard InChI is InChI=1S/C13H24N2/c1-3-5-12-9-14-10-15(12)13(6-4-2)11-7-8-11/h6,11-12,14H,3-5,7-10H2,1-2H3/b13-6-. The first-order chi connectivity index (χ1) is 7.36. The zero-order valence-corrected chi connectivity index (χ0v) is 10.1. The highest BCUT2D eigenvalue weighted by Crippen LogP contribution is 2.39. The van der Waals surface area contributed by atoms with E-state index in [1.807, 2.05) is 0 Å². The van der Waals surface area contributed by atoms with Crippen molar-refractivity contribution >= 4 is 0 Å². The third-order valence-corrected chi connectivity index (χ3v) is 3.47. The van der Waals surface area contributed by atoms with Crippen molar-refractivity contribution in [2.75, 3.05) is 13.2 Å². The molecule has 0 radical (unpaired) electrons. The lowest BCUT2D eigenvalue weighted by Gasteiger charge is -2.28. The Morgan fingerprint density at radius 1 is 1.40 bits per heavy atom. The molecule has 1 aliphatic carbocycles. The van der Waals surface area contributed by atoms with E-state index in [1.165, 1.54) is 38.6 Å². The van der Waals surface area contributed by atoms with Crippen LogP contribution in [-0.2, 0) is 0 Å². The summed E-state index contributed by atoms with van der Waals surface area (Å²) in [6.45, 7) is 6.80. The molecule has 2 rings (SSSR count). The fourth-order valence-electron chi connectivity index (χ4n) is 2.59. The van der Waals surface area contributed by atoms with Gasteiger partial charge in [-0.1, -0.05) is 26.3 Å². The minimum atomic E-state index is 0.758. The summed E-state index contributed by atoms with van der Waals surface area (Å²) >= 11 is 0. The summed E-state index contributed by atoms with van der Waals surface area (Å²) in [5.41, 5.74) is 1.64. The largest absolute Gasteiger partial charge is 0.358 e. The van der Waals surface area contributed by atoms with E-state index in [0.717, 1.165) is 18.6 Å². The van der Waals surface area contributed by atoms with Gasteiger partial charge in [0.15, 0.2) is 0 Å². The number of rotatable bonds is 5. The highest BCUT2D eigenvalue weighted by atomic mass is 15.3. The molecular weight excluding hydrogens is 184 g/mol. The van der Waals surface area contributed by atoms with Gasteiger partial charge in [-0.05, 0) is 31.6 Å². The number of nitrogens with one attached hydrogen (secondary N) is 1. The van der Waals surface area contributed by atoms with E-state index in [1.54, 1.807) is 5.70 Å². The van der Waals surface area contributed by atoms with Crippen molar-refractivity contribution in [2.24, 2.45) is 5.92 Å². The SMILES string of the molecule is CC/C=C(/C1CC1)N1CNCC1CCC. The Morgan fingerprint density at radius 2 is 2.20 bits per heavy atom. The minimum Gasteiger partial charge on any atom is -0.358 e. The average molecular weight is 208 g/mol. The molecule has 0 aromatic heterocycles. The fourth-order valence-corrected chi connectivity index (χ4v) is 2.59. The van der Waals surface area contributed by atoms with Crippen LogP contribution >= 0.6 is 0 Å². The van der Waals surface area contributed by atoms with Crippen LogP contribution in [0.3, 0.4) is 0 Å². The van der Waals surface area contributed by atoms with Crippen LogP contribution in [0, 0.1) is 5.92 Å². The van der Waals surface area contributed by atoms with Crippen molar-refractivity contribution in [3.05, 3.63) is 11.8 Å². The lowest BCUT2D eigenvalue weighted by Crippen LogP contribution is -2.31. The van der Waals surface area contributed by atoms with Crippen LogP contribution in [0.2, 0.25) is 0 Å². The molecule has 1 atom stereocenters. The lowest BCUT2D eigenvalue weighted by atomic mass is 10.1. The van der Waals surface area contributed by atoms with Gasteiger partial charge in [-0.25, -0.2) is 0 Å². The third kappa shape index (κ3) is 2.54. The number of allylic oxidation sites excluding steroid dienone is 2. The van der Waals surface area contributed by atoms with Gasteiger partial charge in [-0.3, -0.25) is 5.32 Å². The summed E-state index contributed by atoms with van der Waals surface area (Å²) in [4.78, 5) is 2.63. The van der Waals surface area contributed by atoms with Gasteiger partial charge >= 0.3 is 0 Å². The van der Waals surface area contributed by atoms with E-state index >= 15 is 0 Å². The summed E-state index contributed by atoms with van der Waals surface area (Å²) in [6.07, 6.45) is 9.10. The van der Waals surface area contributed by atoms with Crippen LogP contribution in [0.1, 0.15) is 46.0 Å². The molecule has 1 aliphatic heterocycles. The van der Waals surface area contributed by atoms with Crippen LogP contribution in [0.4, 0.5) is 0 Å². The predicted molar refractivity (Wildman–Crippen MR) is 64.5 cm³/mol. The van der Waals surface area contributed by atoms with Gasteiger partial charge in [0.1, 0.15) is 0 Å². The normalized spacial score (nSPS) is 27.5. The molecule has 15 heavy (non-hydrogen) atoms. The van der Waals surface area contributed by atoms with Gasteiger partial charge in [0.05, 0.1) is 6.67 Å². The molecule has 0 bridgehead atoms. The van der Waals surface area contributed by atoms with Gasteiger partial charge in [0.25, 0.3) is 0 Å². The minimum absolute atomic E-state index is 0.758. The molecule has 0 amide bonds. The van der Waals surface area contributed by atoms with Crippen LogP contribution in [0.25, 0.3) is 0 Å². The lowest BCUT2D eigenvalue weighted by molar-refractivity contribution is 0.294. The maximum absolute atomic E-state index is 3.51. The summed E-state index contributed by atoms with van der Waals surface area (Å²) < 4.78 is 0. The maximum Gasteiger partial charge on any atom is 0.0683 e. The van der Waals surface area contributed by atoms with Crippen LogP contribution in [0.15, 0.2) is 11.8 Å². The van der Waals surface area contributed by atoms with Crippen LogP contribution in [-0.4, -0.2) is 24.2 Å². The van der Waals surface area contributed by atoms with E-state index in [-0.39, 0.29) is 0 Å².